The van der Waals surface area contributed by atoms with Crippen LogP contribution in [0.2, 0.25) is 0 Å². The molecule has 1 aliphatic carbocycles. The maximum Gasteiger partial charge on any atom is 0.286 e. The molecule has 0 spiro atoms. The summed E-state index contributed by atoms with van der Waals surface area (Å²) in [6, 6.07) is 0.538. The van der Waals surface area contributed by atoms with E-state index in [1.54, 1.807) is 50.5 Å². The van der Waals surface area contributed by atoms with Crippen molar-refractivity contribution in [2.45, 2.75) is 218 Å². The molecule has 1 saturated carbocycles. The minimum absolute atomic E-state index is 0.0783. The van der Waals surface area contributed by atoms with Crippen LogP contribution in [0.25, 0.3) is 55.8 Å². The average Bonchev–Trinajstić information content (AvgIpc) is 1.69. The molecule has 15 rings (SSSR count). The molecule has 11 aromatic heterocycles. The first-order valence-electron chi connectivity index (χ1n) is 40.6. The number of nitrogens with one attached hydrogen (secondary N) is 13. The molecule has 11 aromatic rings. The van der Waals surface area contributed by atoms with Crippen molar-refractivity contribution < 1.29 is 14.4 Å². The number of aromatic amines is 7. The predicted molar refractivity (Wildman–Crippen MR) is 507 cm³/mol. The first-order chi connectivity index (χ1) is 58.2. The number of carbonyl (C=O) groups is 3. The standard InChI is InChI=1S/C8H10N6.C7H12N4O.C6H8N2O.C5H6N6.C5H5N5O.C5H5N5.C5H4N4O.C5H7N3.C5H6N2O.8C4H10/c9-8-13-6-5(10-3-11-6)7(14-8)12-4-1-2-4;1-7(2,3)11-6(5(8)12)9-4-10-11;1-4-3-7-5(2)8-6(4)9;6-3-2-4(9-1-8-2)11-5(7)10-3;6-5-9-3-2(4(11)10-5)7-1-8-3;6-5-7-1-3-4(10-5)9-2-8-3;10-5-3-4(7-1-6-3)8-2-9-5;1-4-7-3-2-5(6)8-4;1-4-6-3-2-5(8)7-4;8*1-4(2)3/h3-4H,1-2H2,(H4,9,10,11,12,13,14);4H,1-3H3,(H2,8,12);3,7H,2H2,1H3,(H,8,9);1H,(H5,6,7,8,9,10,11);1H,(H4,6,7,8,9,10,11);1-2H,(H3,6,7,8,9,10);1-2H,(H2,6,7,8,9,10);2-3,7H,1H2,(H2,6,8);2-3,6H,1H2,(H,7,8);8*4H,1-3H3. The van der Waals surface area contributed by atoms with Crippen molar-refractivity contribution >= 4 is 115 Å². The van der Waals surface area contributed by atoms with Crippen LogP contribution in [0, 0.1) is 47.3 Å². The minimum atomic E-state index is -0.553. The molecule has 0 saturated heterocycles. The normalized spacial score (nSPS) is 12.3. The second-order valence-electron chi connectivity index (χ2n) is 33.5. The Labute approximate surface area is 733 Å². The number of anilines is 6. The van der Waals surface area contributed by atoms with Crippen LogP contribution in [0.1, 0.15) is 217 Å². The van der Waals surface area contributed by atoms with Crippen molar-refractivity contribution in [1.82, 2.24) is 141 Å². The number of rotatable bonds is 3. The molecule has 4 aliphatic rings. The Morgan fingerprint density at radius 3 is 1.30 bits per heavy atom. The van der Waals surface area contributed by atoms with E-state index in [0.717, 1.165) is 64.2 Å². The monoisotopic (exact) mass is 1740 g/mol. The summed E-state index contributed by atoms with van der Waals surface area (Å²) in [6.07, 6.45) is 22.1. The smallest absolute Gasteiger partial charge is 0.286 e. The number of nitrogens with two attached hydrogens (primary N) is 7. The molecule has 690 valence electrons. The lowest BCUT2D eigenvalue weighted by atomic mass is 10.1. The number of aliphatic imine (C=N–C) groups is 1. The Morgan fingerprint density at radius 2 is 0.888 bits per heavy atom. The van der Waals surface area contributed by atoms with Gasteiger partial charge in [0, 0.05) is 36.3 Å². The highest BCUT2D eigenvalue weighted by Crippen LogP contribution is 2.27. The SMILES string of the molecule is C=C1N=C(N)C=CN1.C=C1NC=C(C)C(=O)N1.C=C1NC=CC(=O)N1.CC(C)(C)n1ncnc1C(N)=O.CC(C)C.CC(C)C.CC(C)C.CC(C)C.CC(C)C.CC(C)C.CC(C)C.CC(C)C.Nc1nc(N)c2[nH]cnc2n1.Nc1nc(NC2CC2)c2[nH]cnc2n1.Nc1nc2nc[nH]c2c(=O)[nH]1.Nc1ncc2[nH]cnc2n1.O=c1[nH]cnc2nc[nH]c12. The van der Waals surface area contributed by atoms with Crippen molar-refractivity contribution in [2.24, 2.45) is 63.8 Å². The molecule has 3 amide bonds. The van der Waals surface area contributed by atoms with E-state index in [4.69, 9.17) is 40.1 Å². The highest BCUT2D eigenvalue weighted by molar-refractivity contribution is 5.95. The molecule has 42 nitrogen and oxygen atoms in total. The van der Waals surface area contributed by atoms with Gasteiger partial charge in [-0.15, -0.1) is 0 Å². The number of H-pyrrole nitrogens is 7. The fourth-order valence-electron chi connectivity index (χ4n) is 6.96. The van der Waals surface area contributed by atoms with Gasteiger partial charge in [-0.2, -0.15) is 35.0 Å². The molecular formula is C83H143N37O5. The Hall–Kier alpha value is -14.0. The highest BCUT2D eigenvalue weighted by Gasteiger charge is 2.24. The van der Waals surface area contributed by atoms with E-state index in [0.29, 0.717) is 85.5 Å². The van der Waals surface area contributed by atoms with E-state index in [1.807, 2.05) is 20.8 Å². The molecule has 125 heavy (non-hydrogen) atoms. The van der Waals surface area contributed by atoms with Crippen LogP contribution < -0.4 is 83.2 Å². The predicted octanol–water partition coefficient (Wildman–Crippen LogP) is 12.0. The van der Waals surface area contributed by atoms with Crippen LogP contribution in [0.3, 0.4) is 0 Å². The molecule has 0 radical (unpaired) electrons. The number of imidazole rings is 5. The fraction of sp³-hybridized carbons (Fsp3) is 0.482. The number of amidine groups is 1. The molecule has 3 aliphatic heterocycles. The zero-order valence-corrected chi connectivity index (χ0v) is 78.4. The summed E-state index contributed by atoms with van der Waals surface area (Å²) in [6.45, 7) is 70.0. The Balaban J connectivity index is 0. The van der Waals surface area contributed by atoms with E-state index in [1.165, 1.54) is 55.2 Å². The van der Waals surface area contributed by atoms with Crippen LogP contribution in [0.15, 0.2) is 139 Å². The molecule has 0 bridgehead atoms. The number of carbonyl (C=O) groups excluding carboxylic acids is 3. The van der Waals surface area contributed by atoms with Crippen LogP contribution in [-0.2, 0) is 15.1 Å². The van der Waals surface area contributed by atoms with Crippen LogP contribution in [0.5, 0.6) is 0 Å². The quantitative estimate of drug-likeness (QED) is 0.0781. The molecule has 0 aromatic carbocycles. The second-order valence-corrected chi connectivity index (χ2v) is 33.5. The summed E-state index contributed by atoms with van der Waals surface area (Å²) in [5.74, 6) is 10.0. The number of amides is 3. The number of nitrogen functional groups attached to an aromatic ring is 5. The first kappa shape index (κ1) is 113. The number of aromatic nitrogens is 23. The van der Waals surface area contributed by atoms with Crippen molar-refractivity contribution in [1.29, 1.82) is 0 Å². The number of hydrogen-bond acceptors (Lipinski definition) is 31. The second kappa shape index (κ2) is 60.5. The van der Waals surface area contributed by atoms with Gasteiger partial charge in [-0.3, -0.25) is 29.0 Å². The molecule has 1 fully saturated rings. The van der Waals surface area contributed by atoms with E-state index in [9.17, 15) is 24.0 Å². The third-order valence-corrected chi connectivity index (χ3v) is 11.3. The van der Waals surface area contributed by atoms with Crippen LogP contribution >= 0.6 is 0 Å². The van der Waals surface area contributed by atoms with Gasteiger partial charge in [0.05, 0.1) is 49.7 Å². The number of nitrogens with zero attached hydrogens (tertiary/aromatic N) is 17. The van der Waals surface area contributed by atoms with E-state index in [2.05, 4.69) is 333 Å². The van der Waals surface area contributed by atoms with Gasteiger partial charge < -0.3 is 102 Å². The van der Waals surface area contributed by atoms with Gasteiger partial charge in [0.1, 0.15) is 46.2 Å². The highest BCUT2D eigenvalue weighted by atomic mass is 16.2. The average molecular weight is 1740 g/mol. The lowest BCUT2D eigenvalue weighted by Crippen LogP contribution is -2.33. The Bertz CT molecular complexity index is 5090. The van der Waals surface area contributed by atoms with Gasteiger partial charge in [0.25, 0.3) is 28.8 Å². The molecule has 0 atom stereocenters. The van der Waals surface area contributed by atoms with E-state index < -0.39 is 5.91 Å². The Morgan fingerprint density at radius 1 is 0.472 bits per heavy atom. The molecule has 14 heterocycles. The number of hydrogen-bond donors (Lipinski definition) is 20. The van der Waals surface area contributed by atoms with Crippen molar-refractivity contribution in [3.8, 4) is 0 Å². The van der Waals surface area contributed by atoms with Crippen LogP contribution in [-0.4, -0.2) is 144 Å². The van der Waals surface area contributed by atoms with Gasteiger partial charge in [-0.25, -0.2) is 49.5 Å². The van der Waals surface area contributed by atoms with E-state index in [-0.39, 0.29) is 58.1 Å². The summed E-state index contributed by atoms with van der Waals surface area (Å²) >= 11 is 0. The van der Waals surface area contributed by atoms with E-state index >= 15 is 0 Å². The zero-order chi connectivity index (χ0) is 96.0. The van der Waals surface area contributed by atoms with Crippen molar-refractivity contribution in [2.75, 3.05) is 34.0 Å². The lowest BCUT2D eigenvalue weighted by Gasteiger charge is -2.19. The maximum absolute atomic E-state index is 11.0. The maximum atomic E-state index is 11.0. The largest absolute Gasteiger partial charge is 0.384 e. The first-order valence-corrected chi connectivity index (χ1v) is 40.6. The molecular weight excluding hydrogens is 1600 g/mol. The van der Waals surface area contributed by atoms with Gasteiger partial charge in [-0.05, 0) is 94.0 Å². The summed E-state index contributed by atoms with van der Waals surface area (Å²) in [5.41, 5.74) is 42.8. The lowest BCUT2D eigenvalue weighted by molar-refractivity contribution is -0.117. The van der Waals surface area contributed by atoms with Crippen molar-refractivity contribution in [3.05, 3.63) is 151 Å². The third kappa shape index (κ3) is 56.3. The minimum Gasteiger partial charge on any atom is -0.384 e. The fourth-order valence-corrected chi connectivity index (χ4v) is 6.96. The van der Waals surface area contributed by atoms with Gasteiger partial charge in [0.2, 0.25) is 29.6 Å². The summed E-state index contributed by atoms with van der Waals surface area (Å²) in [4.78, 5) is 130. The topological polar surface area (TPSA) is 661 Å². The number of primary amides is 1. The van der Waals surface area contributed by atoms with Crippen LogP contribution in [0.4, 0.5) is 35.4 Å². The zero-order valence-electron chi connectivity index (χ0n) is 78.4. The summed E-state index contributed by atoms with van der Waals surface area (Å²) < 4.78 is 1.51. The molecule has 42 heteroatoms. The number of fused-ring (bicyclic) bond motifs is 5. The van der Waals surface area contributed by atoms with Gasteiger partial charge in [-0.1, -0.05) is 186 Å². The molecule has 27 N–H and O–H groups in total. The van der Waals surface area contributed by atoms with Gasteiger partial charge >= 0.3 is 0 Å². The summed E-state index contributed by atoms with van der Waals surface area (Å²) in [7, 11) is 0. The third-order valence-electron chi connectivity index (χ3n) is 11.3. The molecule has 0 unspecified atom stereocenters. The van der Waals surface area contributed by atoms with Gasteiger partial charge in [0.15, 0.2) is 50.9 Å². The summed E-state index contributed by atoms with van der Waals surface area (Å²) in [5, 5.41) is 20.4. The Kier molecular flexibility index (Phi) is 54.7. The van der Waals surface area contributed by atoms with Crippen molar-refractivity contribution in [3.63, 3.8) is 0 Å².